The van der Waals surface area contributed by atoms with Crippen LogP contribution in [0, 0.1) is 0 Å². The maximum atomic E-state index is 13.0. The number of nitrogens with one attached hydrogen (secondary N) is 1. The lowest BCUT2D eigenvalue weighted by Gasteiger charge is -2.22. The molecule has 0 aliphatic rings. The van der Waals surface area contributed by atoms with E-state index in [1.165, 1.54) is 16.7 Å². The number of carbonyl (C=O) groups is 2. The van der Waals surface area contributed by atoms with Gasteiger partial charge in [0.25, 0.3) is 5.91 Å². The summed E-state index contributed by atoms with van der Waals surface area (Å²) < 4.78 is 5.24. The van der Waals surface area contributed by atoms with Crippen molar-refractivity contribution in [3.05, 3.63) is 53.1 Å². The molecule has 0 saturated carbocycles. The van der Waals surface area contributed by atoms with Crippen LogP contribution in [0.25, 0.3) is 0 Å². The molecule has 2 amide bonds. The van der Waals surface area contributed by atoms with Crippen molar-refractivity contribution in [3.63, 3.8) is 0 Å². The van der Waals surface area contributed by atoms with E-state index in [4.69, 9.17) is 16.3 Å². The highest BCUT2D eigenvalue weighted by Gasteiger charge is 2.21. The van der Waals surface area contributed by atoms with Gasteiger partial charge in [0.2, 0.25) is 5.91 Å². The van der Waals surface area contributed by atoms with E-state index >= 15 is 0 Å². The fourth-order valence-corrected chi connectivity index (χ4v) is 3.24. The molecule has 0 aliphatic heterocycles. The van der Waals surface area contributed by atoms with Crippen LogP contribution in [0.4, 0.5) is 5.69 Å². The molecule has 0 fully saturated rings. The number of thioether (sulfide) groups is 1. The molecule has 27 heavy (non-hydrogen) atoms. The number of benzene rings is 2. The van der Waals surface area contributed by atoms with Crippen LogP contribution >= 0.6 is 23.4 Å². The van der Waals surface area contributed by atoms with Crippen LogP contribution in [0.2, 0.25) is 5.02 Å². The molecule has 7 heteroatoms. The Kier molecular flexibility index (Phi) is 8.00. The van der Waals surface area contributed by atoms with Gasteiger partial charge in [-0.25, -0.2) is 0 Å². The fraction of sp³-hybridized carbons (Fsp3) is 0.300. The van der Waals surface area contributed by atoms with Crippen LogP contribution in [0.3, 0.4) is 0 Å². The Morgan fingerprint density at radius 1 is 1.22 bits per heavy atom. The number of para-hydroxylation sites is 2. The minimum Gasteiger partial charge on any atom is -0.495 e. The third-order valence-corrected chi connectivity index (χ3v) is 4.96. The predicted molar refractivity (Wildman–Crippen MR) is 111 cm³/mol. The van der Waals surface area contributed by atoms with Gasteiger partial charge < -0.3 is 15.0 Å². The van der Waals surface area contributed by atoms with Gasteiger partial charge in [-0.1, -0.05) is 30.7 Å². The van der Waals surface area contributed by atoms with Gasteiger partial charge in [0, 0.05) is 11.4 Å². The van der Waals surface area contributed by atoms with Crippen molar-refractivity contribution in [1.82, 2.24) is 4.90 Å². The zero-order chi connectivity index (χ0) is 19.8. The van der Waals surface area contributed by atoms with Crippen LogP contribution < -0.4 is 10.1 Å². The largest absolute Gasteiger partial charge is 0.495 e. The molecule has 1 N–H and O–H groups in total. The Labute approximate surface area is 169 Å². The smallest absolute Gasteiger partial charge is 0.255 e. The molecule has 0 heterocycles. The number of amides is 2. The van der Waals surface area contributed by atoms with Gasteiger partial charge in [0.1, 0.15) is 12.3 Å². The van der Waals surface area contributed by atoms with Crippen molar-refractivity contribution >= 4 is 40.9 Å². The third kappa shape index (κ3) is 5.65. The van der Waals surface area contributed by atoms with Gasteiger partial charge >= 0.3 is 0 Å². The molecule has 0 bridgehead atoms. The second-order valence-corrected chi connectivity index (χ2v) is 7.11. The normalized spacial score (nSPS) is 10.4. The van der Waals surface area contributed by atoms with Gasteiger partial charge in [-0.3, -0.25) is 9.59 Å². The number of hydrogen-bond acceptors (Lipinski definition) is 4. The zero-order valence-electron chi connectivity index (χ0n) is 15.6. The Bertz CT molecular complexity index is 814. The number of ether oxygens (including phenoxy) is 1. The quantitative estimate of drug-likeness (QED) is 0.653. The van der Waals surface area contributed by atoms with E-state index < -0.39 is 0 Å². The Balaban J connectivity index is 2.17. The molecule has 0 aliphatic carbocycles. The molecule has 2 aromatic carbocycles. The summed E-state index contributed by atoms with van der Waals surface area (Å²) in [5.74, 6) is 0.0151. The molecule has 0 aromatic heterocycles. The van der Waals surface area contributed by atoms with Crippen molar-refractivity contribution in [1.29, 1.82) is 0 Å². The number of rotatable bonds is 8. The second kappa shape index (κ2) is 10.2. The van der Waals surface area contributed by atoms with Gasteiger partial charge in [-0.05, 0) is 43.0 Å². The molecule has 2 aromatic rings. The van der Waals surface area contributed by atoms with Crippen LogP contribution in [-0.2, 0) is 4.79 Å². The molecular formula is C20H23ClN2O3S. The highest BCUT2D eigenvalue weighted by atomic mass is 35.5. The highest BCUT2D eigenvalue weighted by molar-refractivity contribution is 7.98. The lowest BCUT2D eigenvalue weighted by atomic mass is 10.2. The summed E-state index contributed by atoms with van der Waals surface area (Å²) in [6, 6.07) is 12.5. The first-order valence-corrected chi connectivity index (χ1v) is 10.2. The molecule has 0 atom stereocenters. The number of hydrogen-bond donors (Lipinski definition) is 1. The molecule has 144 valence electrons. The molecule has 0 radical (unpaired) electrons. The number of halogens is 1. The number of carbonyl (C=O) groups excluding carboxylic acids is 2. The van der Waals surface area contributed by atoms with E-state index in [0.29, 0.717) is 28.6 Å². The van der Waals surface area contributed by atoms with E-state index in [1.54, 1.807) is 37.4 Å². The number of methoxy groups -OCH3 is 1. The molecule has 0 unspecified atom stereocenters. The summed E-state index contributed by atoms with van der Waals surface area (Å²) in [6.45, 7) is 2.35. The van der Waals surface area contributed by atoms with E-state index in [-0.39, 0.29) is 18.4 Å². The Morgan fingerprint density at radius 2 is 1.96 bits per heavy atom. The first-order chi connectivity index (χ1) is 13.0. The highest BCUT2D eigenvalue weighted by Crippen LogP contribution is 2.25. The van der Waals surface area contributed by atoms with Gasteiger partial charge in [-0.2, -0.15) is 0 Å². The Hall–Kier alpha value is -2.18. The molecule has 0 saturated heterocycles. The predicted octanol–water partition coefficient (Wildman–Crippen LogP) is 4.56. The summed E-state index contributed by atoms with van der Waals surface area (Å²) in [5, 5.41) is 3.18. The summed E-state index contributed by atoms with van der Waals surface area (Å²) in [5.41, 5.74) is 0.971. The van der Waals surface area contributed by atoms with E-state index in [0.717, 1.165) is 11.3 Å². The summed E-state index contributed by atoms with van der Waals surface area (Å²) >= 11 is 7.76. The molecule has 0 spiro atoms. The van der Waals surface area contributed by atoms with E-state index in [1.807, 2.05) is 25.3 Å². The average molecular weight is 407 g/mol. The maximum absolute atomic E-state index is 13.0. The van der Waals surface area contributed by atoms with Crippen molar-refractivity contribution in [2.24, 2.45) is 0 Å². The number of nitrogens with zero attached hydrogens (tertiary/aromatic N) is 1. The molecule has 5 nitrogen and oxygen atoms in total. The first kappa shape index (κ1) is 21.1. The van der Waals surface area contributed by atoms with E-state index in [2.05, 4.69) is 5.32 Å². The maximum Gasteiger partial charge on any atom is 0.255 e. The van der Waals surface area contributed by atoms with Crippen molar-refractivity contribution in [2.45, 2.75) is 18.2 Å². The number of anilines is 1. The summed E-state index contributed by atoms with van der Waals surface area (Å²) in [7, 11) is 1.54. The summed E-state index contributed by atoms with van der Waals surface area (Å²) in [6.07, 6.45) is 2.66. The lowest BCUT2D eigenvalue weighted by Crippen LogP contribution is -2.38. The minimum atomic E-state index is -0.293. The van der Waals surface area contributed by atoms with Gasteiger partial charge in [-0.15, -0.1) is 11.8 Å². The fourth-order valence-electron chi connectivity index (χ4n) is 2.60. The first-order valence-electron chi connectivity index (χ1n) is 8.55. The summed E-state index contributed by atoms with van der Waals surface area (Å²) in [4.78, 5) is 27.9. The van der Waals surface area contributed by atoms with Crippen molar-refractivity contribution < 1.29 is 14.3 Å². The van der Waals surface area contributed by atoms with Gasteiger partial charge in [0.05, 0.1) is 23.4 Å². The van der Waals surface area contributed by atoms with Crippen molar-refractivity contribution in [2.75, 3.05) is 31.8 Å². The van der Waals surface area contributed by atoms with E-state index in [9.17, 15) is 9.59 Å². The SMILES string of the molecule is CCCN(CC(=O)Nc1ccccc1OC)C(=O)c1cc(SC)ccc1Cl. The molecular weight excluding hydrogens is 384 g/mol. The monoisotopic (exact) mass is 406 g/mol. The standard InChI is InChI=1S/C20H23ClN2O3S/c1-4-11-23(20(25)15-12-14(27-3)9-10-16(15)21)13-19(24)22-17-7-5-6-8-18(17)26-2/h5-10,12H,4,11,13H2,1-3H3,(H,22,24). The van der Waals surface area contributed by atoms with Crippen LogP contribution in [0.15, 0.2) is 47.4 Å². The van der Waals surface area contributed by atoms with Crippen LogP contribution in [0.1, 0.15) is 23.7 Å². The Morgan fingerprint density at radius 3 is 2.63 bits per heavy atom. The van der Waals surface area contributed by atoms with Crippen molar-refractivity contribution in [3.8, 4) is 5.75 Å². The van der Waals surface area contributed by atoms with Gasteiger partial charge in [0.15, 0.2) is 0 Å². The lowest BCUT2D eigenvalue weighted by molar-refractivity contribution is -0.116. The molecule has 2 rings (SSSR count). The second-order valence-electron chi connectivity index (χ2n) is 5.82. The average Bonchev–Trinajstić information content (AvgIpc) is 2.68. The topological polar surface area (TPSA) is 58.6 Å². The third-order valence-electron chi connectivity index (χ3n) is 3.90. The van der Waals surface area contributed by atoms with Crippen LogP contribution in [-0.4, -0.2) is 43.2 Å². The minimum absolute atomic E-state index is 0.0649. The van der Waals surface area contributed by atoms with Crippen LogP contribution in [0.5, 0.6) is 5.75 Å². The zero-order valence-corrected chi connectivity index (χ0v) is 17.2.